The van der Waals surface area contributed by atoms with Crippen molar-refractivity contribution in [2.75, 3.05) is 0 Å². The Balaban J connectivity index is 2.30. The van der Waals surface area contributed by atoms with Crippen molar-refractivity contribution >= 4 is 0 Å². The molecule has 1 aliphatic heterocycles. The van der Waals surface area contributed by atoms with Crippen molar-refractivity contribution in [3.8, 4) is 11.5 Å². The molecular formula is C15H15NO3. The molecule has 1 aromatic carbocycles. The van der Waals surface area contributed by atoms with Crippen LogP contribution in [-0.2, 0) is 5.41 Å². The number of pyridine rings is 1. The summed E-state index contributed by atoms with van der Waals surface area (Å²) in [4.78, 5) is 14.3. The molecule has 1 aromatic heterocycles. The summed E-state index contributed by atoms with van der Waals surface area (Å²) in [5, 5.41) is 10.6. The van der Waals surface area contributed by atoms with Crippen LogP contribution in [0.4, 0.5) is 0 Å². The fraction of sp³-hybridized carbons (Fsp3) is 0.267. The van der Waals surface area contributed by atoms with E-state index in [1.54, 1.807) is 6.07 Å². The second kappa shape index (κ2) is 3.96. The molecule has 98 valence electrons. The van der Waals surface area contributed by atoms with Crippen molar-refractivity contribution in [3.63, 3.8) is 0 Å². The van der Waals surface area contributed by atoms with Crippen LogP contribution >= 0.6 is 0 Å². The summed E-state index contributed by atoms with van der Waals surface area (Å²) in [5.74, 6) is 1.20. The zero-order valence-corrected chi connectivity index (χ0v) is 10.8. The van der Waals surface area contributed by atoms with Gasteiger partial charge in [0, 0.05) is 17.0 Å². The lowest BCUT2D eigenvalue weighted by molar-refractivity contribution is 0.0991. The predicted molar refractivity (Wildman–Crippen MR) is 71.6 cm³/mol. The van der Waals surface area contributed by atoms with Crippen molar-refractivity contribution in [1.82, 2.24) is 4.98 Å². The molecule has 0 saturated heterocycles. The Morgan fingerprint density at radius 1 is 1.16 bits per heavy atom. The van der Waals surface area contributed by atoms with E-state index in [2.05, 4.69) is 4.98 Å². The van der Waals surface area contributed by atoms with E-state index in [1.165, 1.54) is 6.07 Å². The Hall–Kier alpha value is -2.07. The van der Waals surface area contributed by atoms with E-state index >= 15 is 0 Å². The molecule has 1 aliphatic rings. The summed E-state index contributed by atoms with van der Waals surface area (Å²) in [6, 6.07) is 10.4. The fourth-order valence-electron chi connectivity index (χ4n) is 2.47. The molecule has 2 aromatic rings. The minimum atomic E-state index is -0.747. The maximum absolute atomic E-state index is 11.5. The molecule has 19 heavy (non-hydrogen) atoms. The van der Waals surface area contributed by atoms with E-state index in [9.17, 15) is 9.90 Å². The Morgan fingerprint density at radius 3 is 2.68 bits per heavy atom. The zero-order valence-electron chi connectivity index (χ0n) is 10.8. The summed E-state index contributed by atoms with van der Waals surface area (Å²) in [6.45, 7) is 3.77. The fourth-order valence-corrected chi connectivity index (χ4v) is 2.47. The Kier molecular flexibility index (Phi) is 2.50. The average Bonchev–Trinajstić information content (AvgIpc) is 2.47. The number of ether oxygens (including phenoxy) is 1. The monoisotopic (exact) mass is 257 g/mol. The quantitative estimate of drug-likeness (QED) is 0.762. The van der Waals surface area contributed by atoms with Crippen LogP contribution < -0.4 is 10.3 Å². The Bertz CT molecular complexity index is 688. The molecular weight excluding hydrogens is 242 g/mol. The van der Waals surface area contributed by atoms with Gasteiger partial charge in [0.05, 0.1) is 11.8 Å². The van der Waals surface area contributed by atoms with Crippen LogP contribution in [0.2, 0.25) is 0 Å². The summed E-state index contributed by atoms with van der Waals surface area (Å²) in [7, 11) is 0. The number of fused-ring (bicyclic) bond motifs is 2. The number of H-pyrrole nitrogens is 1. The molecule has 3 rings (SSSR count). The van der Waals surface area contributed by atoms with Crippen molar-refractivity contribution < 1.29 is 9.84 Å². The number of hydrogen-bond acceptors (Lipinski definition) is 3. The lowest BCUT2D eigenvalue weighted by Gasteiger charge is -2.29. The van der Waals surface area contributed by atoms with Crippen LogP contribution in [0.25, 0.3) is 0 Å². The van der Waals surface area contributed by atoms with E-state index < -0.39 is 11.5 Å². The van der Waals surface area contributed by atoms with Crippen LogP contribution in [0.5, 0.6) is 11.5 Å². The van der Waals surface area contributed by atoms with Gasteiger partial charge < -0.3 is 14.8 Å². The summed E-state index contributed by atoms with van der Waals surface area (Å²) >= 11 is 0. The average molecular weight is 257 g/mol. The van der Waals surface area contributed by atoms with Gasteiger partial charge in [0.25, 0.3) is 0 Å². The highest BCUT2D eigenvalue weighted by molar-refractivity contribution is 5.47. The first kappa shape index (κ1) is 12.0. The standard InChI is InChI=1S/C15H15NO3/c1-15(2)13-11(7-8-12(17)16-13)19-10-6-4-3-5-9(10)14(15)18/h3-8,14,18H,1-2H3,(H,16,17). The SMILES string of the molecule is CC1(C)c2[nH]c(=O)ccc2Oc2ccccc2C1O. The maximum atomic E-state index is 11.5. The van der Waals surface area contributed by atoms with Crippen molar-refractivity contribution in [1.29, 1.82) is 0 Å². The van der Waals surface area contributed by atoms with Gasteiger partial charge in [-0.2, -0.15) is 0 Å². The number of hydrogen-bond donors (Lipinski definition) is 2. The van der Waals surface area contributed by atoms with Gasteiger partial charge in [-0.1, -0.05) is 32.0 Å². The largest absolute Gasteiger partial charge is 0.455 e. The number of aliphatic hydroxyl groups excluding tert-OH is 1. The molecule has 2 heterocycles. The van der Waals surface area contributed by atoms with Crippen LogP contribution in [-0.4, -0.2) is 10.1 Å². The van der Waals surface area contributed by atoms with Crippen LogP contribution in [0.3, 0.4) is 0 Å². The normalized spacial score (nSPS) is 19.8. The number of aromatic amines is 1. The molecule has 0 bridgehead atoms. The van der Waals surface area contributed by atoms with E-state index in [0.29, 0.717) is 17.2 Å². The topological polar surface area (TPSA) is 62.3 Å². The molecule has 0 amide bonds. The molecule has 0 aliphatic carbocycles. The lowest BCUT2D eigenvalue weighted by Crippen LogP contribution is -2.29. The van der Waals surface area contributed by atoms with Crippen molar-refractivity contribution in [2.24, 2.45) is 0 Å². The van der Waals surface area contributed by atoms with Gasteiger partial charge in [-0.25, -0.2) is 0 Å². The zero-order chi connectivity index (χ0) is 13.6. The third kappa shape index (κ3) is 1.76. The minimum absolute atomic E-state index is 0.200. The van der Waals surface area contributed by atoms with Gasteiger partial charge in [-0.15, -0.1) is 0 Å². The van der Waals surface area contributed by atoms with Gasteiger partial charge in [-0.05, 0) is 12.1 Å². The first-order valence-electron chi connectivity index (χ1n) is 6.19. The second-order valence-electron chi connectivity index (χ2n) is 5.33. The predicted octanol–water partition coefficient (Wildman–Crippen LogP) is 2.49. The van der Waals surface area contributed by atoms with E-state index in [4.69, 9.17) is 4.74 Å². The second-order valence-corrected chi connectivity index (χ2v) is 5.33. The first-order chi connectivity index (χ1) is 9.00. The molecule has 0 spiro atoms. The van der Waals surface area contributed by atoms with Crippen LogP contribution in [0, 0.1) is 0 Å². The third-order valence-electron chi connectivity index (χ3n) is 3.64. The minimum Gasteiger partial charge on any atom is -0.455 e. The summed E-state index contributed by atoms with van der Waals surface area (Å²) in [6.07, 6.45) is -0.747. The summed E-state index contributed by atoms with van der Waals surface area (Å²) < 4.78 is 5.83. The highest BCUT2D eigenvalue weighted by atomic mass is 16.5. The molecule has 1 atom stereocenters. The highest BCUT2D eigenvalue weighted by Gasteiger charge is 2.38. The van der Waals surface area contributed by atoms with Crippen molar-refractivity contribution in [2.45, 2.75) is 25.4 Å². The molecule has 1 unspecified atom stereocenters. The Morgan fingerprint density at radius 2 is 1.89 bits per heavy atom. The number of benzene rings is 1. The van der Waals surface area contributed by atoms with Crippen LogP contribution in [0.15, 0.2) is 41.2 Å². The van der Waals surface area contributed by atoms with Gasteiger partial charge >= 0.3 is 0 Å². The maximum Gasteiger partial charge on any atom is 0.248 e. The van der Waals surface area contributed by atoms with Gasteiger partial charge in [-0.3, -0.25) is 4.79 Å². The number of aliphatic hydroxyl groups is 1. The molecule has 4 nitrogen and oxygen atoms in total. The van der Waals surface area contributed by atoms with Crippen molar-refractivity contribution in [3.05, 3.63) is 58.0 Å². The Labute approximate surface area is 110 Å². The smallest absolute Gasteiger partial charge is 0.248 e. The third-order valence-corrected chi connectivity index (χ3v) is 3.64. The number of aromatic nitrogens is 1. The van der Waals surface area contributed by atoms with E-state index in [1.807, 2.05) is 38.1 Å². The van der Waals surface area contributed by atoms with Gasteiger partial charge in [0.1, 0.15) is 11.5 Å². The number of para-hydroxylation sites is 1. The molecule has 0 saturated carbocycles. The lowest BCUT2D eigenvalue weighted by atomic mass is 9.79. The number of rotatable bonds is 0. The first-order valence-corrected chi connectivity index (χ1v) is 6.19. The van der Waals surface area contributed by atoms with E-state index in [0.717, 1.165) is 5.56 Å². The molecule has 0 fully saturated rings. The van der Waals surface area contributed by atoms with Gasteiger partial charge in [0.15, 0.2) is 0 Å². The number of nitrogens with one attached hydrogen (secondary N) is 1. The summed E-state index contributed by atoms with van der Waals surface area (Å²) in [5.41, 5.74) is 0.504. The molecule has 0 radical (unpaired) electrons. The van der Waals surface area contributed by atoms with Gasteiger partial charge in [0.2, 0.25) is 5.56 Å². The molecule has 4 heteroatoms. The van der Waals surface area contributed by atoms with Crippen LogP contribution in [0.1, 0.15) is 31.2 Å². The van der Waals surface area contributed by atoms with E-state index in [-0.39, 0.29) is 5.56 Å². The highest BCUT2D eigenvalue weighted by Crippen LogP contribution is 2.46. The molecule has 2 N–H and O–H groups in total.